The average Bonchev–Trinajstić information content (AvgIpc) is 2.34. The van der Waals surface area contributed by atoms with E-state index in [-0.39, 0.29) is 0 Å². The first kappa shape index (κ1) is 13.8. The van der Waals surface area contributed by atoms with E-state index in [0.717, 1.165) is 42.8 Å². The summed E-state index contributed by atoms with van der Waals surface area (Å²) in [5.41, 5.74) is 1.16. The van der Waals surface area contributed by atoms with Crippen LogP contribution in [0.1, 0.15) is 19.4 Å². The summed E-state index contributed by atoms with van der Waals surface area (Å²) in [6.45, 7) is 9.87. The minimum absolute atomic E-state index is 0.342. The summed E-state index contributed by atoms with van der Waals surface area (Å²) in [7, 11) is 0. The van der Waals surface area contributed by atoms with Crippen molar-refractivity contribution >= 4 is 15.9 Å². The number of nitrogens with zero attached hydrogens (tertiary/aromatic N) is 2. The van der Waals surface area contributed by atoms with Crippen molar-refractivity contribution in [2.24, 2.45) is 0 Å². The number of hydrogen-bond acceptors (Lipinski definition) is 3. The van der Waals surface area contributed by atoms with Gasteiger partial charge in [0.2, 0.25) is 0 Å². The Kier molecular flexibility index (Phi) is 4.65. The third-order valence-electron chi connectivity index (χ3n) is 3.56. The molecule has 100 valence electrons. The quantitative estimate of drug-likeness (QED) is 0.929. The van der Waals surface area contributed by atoms with E-state index in [0.29, 0.717) is 11.8 Å². The molecule has 1 aromatic carbocycles. The highest BCUT2D eigenvalue weighted by atomic mass is 79.9. The lowest BCUT2D eigenvalue weighted by atomic mass is 10.1. The van der Waals surface area contributed by atoms with Crippen LogP contribution in [0, 0.1) is 0 Å². The van der Waals surface area contributed by atoms with Crippen LogP contribution < -0.4 is 0 Å². The number of aromatic hydroxyl groups is 1. The maximum Gasteiger partial charge on any atom is 0.115 e. The molecule has 1 N–H and O–H groups in total. The molecule has 0 atom stereocenters. The molecule has 0 radical (unpaired) electrons. The van der Waals surface area contributed by atoms with Gasteiger partial charge in [-0.3, -0.25) is 9.80 Å². The lowest BCUT2D eigenvalue weighted by Gasteiger charge is -2.37. The van der Waals surface area contributed by atoms with Crippen molar-refractivity contribution < 1.29 is 5.11 Å². The first-order chi connectivity index (χ1) is 8.56. The van der Waals surface area contributed by atoms with Crippen LogP contribution >= 0.6 is 15.9 Å². The second-order valence-corrected chi connectivity index (χ2v) is 6.04. The fourth-order valence-corrected chi connectivity index (χ4v) is 2.73. The van der Waals surface area contributed by atoms with E-state index in [4.69, 9.17) is 0 Å². The highest BCUT2D eigenvalue weighted by Gasteiger charge is 2.19. The van der Waals surface area contributed by atoms with E-state index in [2.05, 4.69) is 39.6 Å². The molecule has 3 nitrogen and oxygen atoms in total. The summed E-state index contributed by atoms with van der Waals surface area (Å²) in [6, 6.07) is 6.11. The Morgan fingerprint density at radius 2 is 1.89 bits per heavy atom. The van der Waals surface area contributed by atoms with Crippen LogP contribution in [0.4, 0.5) is 0 Å². The van der Waals surface area contributed by atoms with Crippen LogP contribution in [0.25, 0.3) is 0 Å². The Bertz CT molecular complexity index is 401. The minimum Gasteiger partial charge on any atom is -0.508 e. The third-order valence-corrected chi connectivity index (χ3v) is 4.33. The van der Waals surface area contributed by atoms with Gasteiger partial charge in [0.1, 0.15) is 5.75 Å². The molecule has 4 heteroatoms. The van der Waals surface area contributed by atoms with Gasteiger partial charge in [0.05, 0.1) is 0 Å². The van der Waals surface area contributed by atoms with Crippen LogP contribution in [0.3, 0.4) is 0 Å². The highest BCUT2D eigenvalue weighted by molar-refractivity contribution is 9.10. The second kappa shape index (κ2) is 6.04. The Morgan fingerprint density at radius 1 is 1.22 bits per heavy atom. The van der Waals surface area contributed by atoms with Gasteiger partial charge in [0, 0.05) is 43.2 Å². The first-order valence-electron chi connectivity index (χ1n) is 6.50. The lowest BCUT2D eigenvalue weighted by Crippen LogP contribution is -2.48. The number of phenolic OH excluding ortho intramolecular Hbond substituents is 1. The van der Waals surface area contributed by atoms with Gasteiger partial charge in [-0.05, 0) is 37.6 Å². The monoisotopic (exact) mass is 312 g/mol. The van der Waals surface area contributed by atoms with Gasteiger partial charge in [-0.1, -0.05) is 15.9 Å². The molecule has 0 saturated carbocycles. The highest BCUT2D eigenvalue weighted by Crippen LogP contribution is 2.23. The molecule has 0 amide bonds. The molecule has 0 spiro atoms. The van der Waals surface area contributed by atoms with E-state index in [9.17, 15) is 5.11 Å². The number of benzene rings is 1. The molecule has 0 aliphatic carbocycles. The van der Waals surface area contributed by atoms with Crippen molar-refractivity contribution in [3.8, 4) is 5.75 Å². The van der Waals surface area contributed by atoms with Gasteiger partial charge in [-0.2, -0.15) is 0 Å². The van der Waals surface area contributed by atoms with Crippen molar-refractivity contribution in [3.05, 3.63) is 28.2 Å². The molecule has 1 aromatic rings. The van der Waals surface area contributed by atoms with E-state index < -0.39 is 0 Å². The second-order valence-electron chi connectivity index (χ2n) is 5.18. The van der Waals surface area contributed by atoms with Gasteiger partial charge >= 0.3 is 0 Å². The number of hydrogen-bond donors (Lipinski definition) is 1. The number of piperazine rings is 1. The summed E-state index contributed by atoms with van der Waals surface area (Å²) >= 11 is 3.54. The maximum absolute atomic E-state index is 9.53. The van der Waals surface area contributed by atoms with Gasteiger partial charge in [-0.15, -0.1) is 0 Å². The van der Waals surface area contributed by atoms with Crippen molar-refractivity contribution in [3.63, 3.8) is 0 Å². The number of phenols is 1. The normalized spacial score (nSPS) is 18.4. The van der Waals surface area contributed by atoms with Crippen LogP contribution in [-0.4, -0.2) is 47.1 Å². The molecule has 18 heavy (non-hydrogen) atoms. The first-order valence-corrected chi connectivity index (χ1v) is 7.29. The van der Waals surface area contributed by atoms with E-state index >= 15 is 0 Å². The lowest BCUT2D eigenvalue weighted by molar-refractivity contribution is 0.104. The zero-order chi connectivity index (χ0) is 13.1. The Morgan fingerprint density at radius 3 is 2.50 bits per heavy atom. The number of rotatable bonds is 3. The number of halogens is 1. The molecule has 2 rings (SSSR count). The van der Waals surface area contributed by atoms with Crippen molar-refractivity contribution in [1.82, 2.24) is 9.80 Å². The molecular formula is C14H21BrN2O. The average molecular weight is 313 g/mol. The summed E-state index contributed by atoms with van der Waals surface area (Å²) in [4.78, 5) is 4.95. The van der Waals surface area contributed by atoms with Gasteiger partial charge in [0.25, 0.3) is 0 Å². The summed E-state index contributed by atoms with van der Waals surface area (Å²) < 4.78 is 1.08. The molecule has 1 saturated heterocycles. The summed E-state index contributed by atoms with van der Waals surface area (Å²) in [5, 5.41) is 9.53. The molecule has 1 aliphatic rings. The van der Waals surface area contributed by atoms with Gasteiger partial charge < -0.3 is 5.11 Å². The topological polar surface area (TPSA) is 26.7 Å². The maximum atomic E-state index is 9.53. The Labute approximate surface area is 118 Å². The summed E-state index contributed by atoms with van der Waals surface area (Å²) in [6.07, 6.45) is 0. The summed E-state index contributed by atoms with van der Waals surface area (Å²) in [5.74, 6) is 0.342. The van der Waals surface area contributed by atoms with Crippen LogP contribution in [0.2, 0.25) is 0 Å². The van der Waals surface area contributed by atoms with Gasteiger partial charge in [-0.25, -0.2) is 0 Å². The van der Waals surface area contributed by atoms with Crippen molar-refractivity contribution in [2.75, 3.05) is 26.2 Å². The zero-order valence-corrected chi connectivity index (χ0v) is 12.7. The molecule has 1 fully saturated rings. The van der Waals surface area contributed by atoms with Gasteiger partial charge in [0.15, 0.2) is 0 Å². The van der Waals surface area contributed by atoms with Crippen LogP contribution in [0.15, 0.2) is 22.7 Å². The third kappa shape index (κ3) is 3.46. The van der Waals surface area contributed by atoms with Crippen LogP contribution in [0.5, 0.6) is 5.75 Å². The van der Waals surface area contributed by atoms with Crippen LogP contribution in [-0.2, 0) is 6.54 Å². The largest absolute Gasteiger partial charge is 0.508 e. The molecule has 1 heterocycles. The van der Waals surface area contributed by atoms with E-state index in [1.165, 1.54) is 0 Å². The fraction of sp³-hybridized carbons (Fsp3) is 0.571. The Hall–Kier alpha value is -0.580. The van der Waals surface area contributed by atoms with Crippen molar-refractivity contribution in [2.45, 2.75) is 26.4 Å². The SMILES string of the molecule is CC(C)N1CCN(Cc2cc(O)ccc2Br)CC1. The van der Waals surface area contributed by atoms with Crippen molar-refractivity contribution in [1.29, 1.82) is 0 Å². The molecule has 0 bridgehead atoms. The predicted octanol–water partition coefficient (Wildman–Crippen LogP) is 2.68. The molecular weight excluding hydrogens is 292 g/mol. The zero-order valence-electron chi connectivity index (χ0n) is 11.1. The molecule has 0 aromatic heterocycles. The van der Waals surface area contributed by atoms with E-state index in [1.54, 1.807) is 6.07 Å². The smallest absolute Gasteiger partial charge is 0.115 e. The predicted molar refractivity (Wildman–Crippen MR) is 77.8 cm³/mol. The van der Waals surface area contributed by atoms with E-state index in [1.807, 2.05) is 12.1 Å². The fourth-order valence-electron chi connectivity index (χ4n) is 2.36. The molecule has 0 unspecified atom stereocenters. The molecule has 1 aliphatic heterocycles. The standard InChI is InChI=1S/C14H21BrN2O/c1-11(2)17-7-5-16(6-8-17)10-12-9-13(18)3-4-14(12)15/h3-4,9,11,18H,5-8,10H2,1-2H3. The minimum atomic E-state index is 0.342. The Balaban J connectivity index is 1.93.